The average Bonchev–Trinajstić information content (AvgIpc) is 2.35. The number of nitrogens with zero attached hydrogens (tertiary/aromatic N) is 1. The lowest BCUT2D eigenvalue weighted by Gasteiger charge is -2.45. The number of rotatable bonds is 2. The number of fused-ring (bicyclic) bond motifs is 3. The van der Waals surface area contributed by atoms with Crippen LogP contribution in [0.4, 0.5) is 5.69 Å². The van der Waals surface area contributed by atoms with Crippen molar-refractivity contribution in [2.75, 3.05) is 25.0 Å². The quantitative estimate of drug-likeness (QED) is 0.901. The molecule has 3 heterocycles. The van der Waals surface area contributed by atoms with Gasteiger partial charge in [-0.3, -0.25) is 0 Å². The molecule has 1 N–H and O–H groups in total. The van der Waals surface area contributed by atoms with Crippen LogP contribution in [-0.2, 0) is 0 Å². The van der Waals surface area contributed by atoms with E-state index in [9.17, 15) is 0 Å². The predicted molar refractivity (Wildman–Crippen MR) is 75.5 cm³/mol. The Hall–Kier alpha value is -0.540. The van der Waals surface area contributed by atoms with Crippen molar-refractivity contribution < 1.29 is 0 Å². The van der Waals surface area contributed by atoms with E-state index in [4.69, 9.17) is 0 Å². The maximum atomic E-state index is 3.71. The van der Waals surface area contributed by atoms with Gasteiger partial charge in [-0.2, -0.15) is 0 Å². The molecule has 3 aliphatic rings. The van der Waals surface area contributed by atoms with Gasteiger partial charge in [0.25, 0.3) is 0 Å². The minimum Gasteiger partial charge on any atom is -0.381 e. The molecular formula is C14H19BrN2. The van der Waals surface area contributed by atoms with Gasteiger partial charge in [-0.15, -0.1) is 0 Å². The second kappa shape index (κ2) is 4.62. The molecule has 2 bridgehead atoms. The largest absolute Gasteiger partial charge is 0.381 e. The molecule has 1 aromatic rings. The normalized spacial score (nSPS) is 31.5. The van der Waals surface area contributed by atoms with Crippen LogP contribution >= 0.6 is 15.9 Å². The average molecular weight is 295 g/mol. The Morgan fingerprint density at radius 2 is 2.06 bits per heavy atom. The topological polar surface area (TPSA) is 15.3 Å². The number of nitrogens with one attached hydrogen (secondary N) is 1. The van der Waals surface area contributed by atoms with Gasteiger partial charge in [0.05, 0.1) is 0 Å². The summed E-state index contributed by atoms with van der Waals surface area (Å²) in [6, 6.07) is 7.21. The Labute approximate surface area is 112 Å². The molecule has 0 radical (unpaired) electrons. The number of halogens is 1. The van der Waals surface area contributed by atoms with Gasteiger partial charge in [0.2, 0.25) is 0 Å². The van der Waals surface area contributed by atoms with E-state index in [0.29, 0.717) is 6.04 Å². The first kappa shape index (κ1) is 11.5. The lowest BCUT2D eigenvalue weighted by molar-refractivity contribution is 0.0975. The predicted octanol–water partition coefficient (Wildman–Crippen LogP) is 3.26. The highest BCUT2D eigenvalue weighted by atomic mass is 79.9. The van der Waals surface area contributed by atoms with Crippen LogP contribution in [0.2, 0.25) is 0 Å². The van der Waals surface area contributed by atoms with E-state index >= 15 is 0 Å². The molecule has 3 fully saturated rings. The van der Waals surface area contributed by atoms with Gasteiger partial charge >= 0.3 is 0 Å². The van der Waals surface area contributed by atoms with Crippen molar-refractivity contribution in [3.63, 3.8) is 0 Å². The summed E-state index contributed by atoms with van der Waals surface area (Å²) in [4.78, 5) is 2.58. The molecule has 3 saturated heterocycles. The van der Waals surface area contributed by atoms with E-state index in [1.807, 2.05) is 0 Å². The smallest absolute Gasteiger partial charge is 0.0417 e. The van der Waals surface area contributed by atoms with Gasteiger partial charge < -0.3 is 10.2 Å². The fraction of sp³-hybridized carbons (Fsp3) is 0.571. The highest BCUT2D eigenvalue weighted by Crippen LogP contribution is 2.30. The van der Waals surface area contributed by atoms with Crippen molar-refractivity contribution in [1.29, 1.82) is 0 Å². The molecule has 0 aliphatic carbocycles. The van der Waals surface area contributed by atoms with Crippen molar-refractivity contribution in [1.82, 2.24) is 4.90 Å². The lowest BCUT2D eigenvalue weighted by Crippen LogP contribution is -2.53. The van der Waals surface area contributed by atoms with Gasteiger partial charge in [0.1, 0.15) is 0 Å². The van der Waals surface area contributed by atoms with Crippen LogP contribution in [0.3, 0.4) is 0 Å². The maximum absolute atomic E-state index is 3.71. The summed E-state index contributed by atoms with van der Waals surface area (Å²) in [6.45, 7) is 5.96. The third kappa shape index (κ3) is 2.36. The van der Waals surface area contributed by atoms with Crippen LogP contribution in [0.25, 0.3) is 0 Å². The fourth-order valence-electron chi connectivity index (χ4n) is 3.03. The molecule has 1 unspecified atom stereocenters. The molecule has 2 nitrogen and oxygen atoms in total. The van der Waals surface area contributed by atoms with Crippen molar-refractivity contribution in [2.24, 2.45) is 5.92 Å². The molecule has 3 aliphatic heterocycles. The summed E-state index contributed by atoms with van der Waals surface area (Å²) in [5.41, 5.74) is 2.55. The number of hydrogen-bond acceptors (Lipinski definition) is 2. The maximum Gasteiger partial charge on any atom is 0.0417 e. The van der Waals surface area contributed by atoms with Crippen molar-refractivity contribution in [3.8, 4) is 0 Å². The van der Waals surface area contributed by atoms with E-state index in [0.717, 1.165) is 5.92 Å². The van der Waals surface area contributed by atoms with Crippen LogP contribution < -0.4 is 5.32 Å². The summed E-state index contributed by atoms with van der Waals surface area (Å²) in [5.74, 6) is 0.875. The standard InChI is InChI=1S/C14H19BrN2/c1-10-2-3-12(8-13(10)15)16-14-9-17-6-4-11(14)5-7-17/h2-3,8,11,14,16H,4-7,9H2,1H3. The highest BCUT2D eigenvalue weighted by Gasteiger charge is 2.33. The van der Waals surface area contributed by atoms with Gasteiger partial charge in [0.15, 0.2) is 0 Å². The molecule has 3 heteroatoms. The zero-order valence-electron chi connectivity index (χ0n) is 10.2. The first-order chi connectivity index (χ1) is 8.22. The molecule has 0 saturated carbocycles. The number of hydrogen-bond donors (Lipinski definition) is 1. The van der Waals surface area contributed by atoms with E-state index < -0.39 is 0 Å². The number of benzene rings is 1. The van der Waals surface area contributed by atoms with Gasteiger partial charge in [0, 0.05) is 22.7 Å². The van der Waals surface area contributed by atoms with Crippen molar-refractivity contribution in [3.05, 3.63) is 28.2 Å². The SMILES string of the molecule is Cc1ccc(NC2CN3CCC2CC3)cc1Br. The summed E-state index contributed by atoms with van der Waals surface area (Å²) in [5, 5.41) is 3.71. The first-order valence-electron chi connectivity index (χ1n) is 6.47. The zero-order chi connectivity index (χ0) is 11.8. The zero-order valence-corrected chi connectivity index (χ0v) is 11.8. The van der Waals surface area contributed by atoms with E-state index in [1.165, 1.54) is 48.2 Å². The minimum atomic E-state index is 0.645. The molecule has 1 aromatic carbocycles. The molecule has 0 amide bonds. The Morgan fingerprint density at radius 3 is 2.65 bits per heavy atom. The molecule has 1 atom stereocenters. The van der Waals surface area contributed by atoms with E-state index in [1.54, 1.807) is 0 Å². The molecule has 4 rings (SSSR count). The van der Waals surface area contributed by atoms with Crippen molar-refractivity contribution in [2.45, 2.75) is 25.8 Å². The van der Waals surface area contributed by atoms with Gasteiger partial charge in [-0.1, -0.05) is 22.0 Å². The minimum absolute atomic E-state index is 0.645. The summed E-state index contributed by atoms with van der Waals surface area (Å²) >= 11 is 3.60. The van der Waals surface area contributed by atoms with Crippen LogP contribution in [0.15, 0.2) is 22.7 Å². The number of aryl methyl sites for hydroxylation is 1. The Balaban J connectivity index is 1.72. The first-order valence-corrected chi connectivity index (χ1v) is 7.27. The summed E-state index contributed by atoms with van der Waals surface area (Å²) in [6.07, 6.45) is 2.73. The summed E-state index contributed by atoms with van der Waals surface area (Å²) < 4.78 is 1.20. The number of piperidine rings is 3. The molecule has 0 aromatic heterocycles. The van der Waals surface area contributed by atoms with Crippen LogP contribution in [0.5, 0.6) is 0 Å². The third-order valence-electron chi connectivity index (χ3n) is 4.18. The molecule has 17 heavy (non-hydrogen) atoms. The fourth-order valence-corrected chi connectivity index (χ4v) is 3.40. The van der Waals surface area contributed by atoms with Crippen molar-refractivity contribution >= 4 is 21.6 Å². The monoisotopic (exact) mass is 294 g/mol. The second-order valence-corrected chi connectivity index (χ2v) is 6.21. The van der Waals surface area contributed by atoms with Crippen LogP contribution in [-0.4, -0.2) is 30.6 Å². The molecule has 92 valence electrons. The number of anilines is 1. The van der Waals surface area contributed by atoms with Gasteiger partial charge in [-0.25, -0.2) is 0 Å². The third-order valence-corrected chi connectivity index (χ3v) is 5.03. The lowest BCUT2D eigenvalue weighted by atomic mass is 9.84. The molecular weight excluding hydrogens is 276 g/mol. The Morgan fingerprint density at radius 1 is 1.29 bits per heavy atom. The van der Waals surface area contributed by atoms with E-state index in [-0.39, 0.29) is 0 Å². The second-order valence-electron chi connectivity index (χ2n) is 5.35. The van der Waals surface area contributed by atoms with E-state index in [2.05, 4.69) is 51.3 Å². The Bertz CT molecular complexity index is 411. The van der Waals surface area contributed by atoms with Crippen LogP contribution in [0, 0.1) is 12.8 Å². The highest BCUT2D eigenvalue weighted by molar-refractivity contribution is 9.10. The van der Waals surface area contributed by atoms with Crippen LogP contribution in [0.1, 0.15) is 18.4 Å². The molecule has 0 spiro atoms. The summed E-state index contributed by atoms with van der Waals surface area (Å²) in [7, 11) is 0. The Kier molecular flexibility index (Phi) is 3.14. The van der Waals surface area contributed by atoms with Gasteiger partial charge in [-0.05, 0) is 56.5 Å².